The van der Waals surface area contributed by atoms with E-state index in [1.807, 2.05) is 0 Å². The van der Waals surface area contributed by atoms with Crippen LogP contribution in [-0.4, -0.2) is 16.0 Å². The predicted molar refractivity (Wildman–Crippen MR) is 55.4 cm³/mol. The molecule has 2 aliphatic rings. The number of thioether (sulfide) groups is 1. The normalized spacial score (nSPS) is 37.5. The maximum Gasteiger partial charge on any atom is 0.106 e. The quantitative estimate of drug-likeness (QED) is 0.645. The lowest BCUT2D eigenvalue weighted by atomic mass is 9.85. The molecule has 1 saturated carbocycles. The zero-order chi connectivity index (χ0) is 9.36. The number of hydrogen-bond donors (Lipinski definition) is 1. The van der Waals surface area contributed by atoms with Gasteiger partial charge in [0.15, 0.2) is 0 Å². The highest BCUT2D eigenvalue weighted by Crippen LogP contribution is 2.50. The molecule has 0 aromatic heterocycles. The number of nitriles is 1. The average molecular weight is 196 g/mol. The summed E-state index contributed by atoms with van der Waals surface area (Å²) in [7, 11) is 0. The van der Waals surface area contributed by atoms with Gasteiger partial charge in [0.1, 0.15) is 5.54 Å². The maximum absolute atomic E-state index is 9.01. The molecule has 1 spiro atoms. The van der Waals surface area contributed by atoms with Crippen molar-refractivity contribution in [3.63, 3.8) is 0 Å². The molecule has 3 heteroatoms. The molecule has 13 heavy (non-hydrogen) atoms. The highest BCUT2D eigenvalue weighted by molar-refractivity contribution is 8.00. The summed E-state index contributed by atoms with van der Waals surface area (Å²) in [5.41, 5.74) is 5.52. The third-order valence-corrected chi connectivity index (χ3v) is 4.90. The minimum absolute atomic E-state index is 0.378. The van der Waals surface area contributed by atoms with E-state index in [1.54, 1.807) is 0 Å². The second-order valence-corrected chi connectivity index (χ2v) is 6.00. The van der Waals surface area contributed by atoms with Crippen LogP contribution in [0.3, 0.4) is 0 Å². The van der Waals surface area contributed by atoms with Crippen molar-refractivity contribution in [2.45, 2.75) is 48.8 Å². The third kappa shape index (κ3) is 1.70. The Kier molecular flexibility index (Phi) is 2.29. The van der Waals surface area contributed by atoms with Gasteiger partial charge in [0, 0.05) is 4.75 Å². The summed E-state index contributed by atoms with van der Waals surface area (Å²) in [5, 5.41) is 9.01. The molecule has 0 aromatic rings. The third-order valence-electron chi connectivity index (χ3n) is 3.33. The van der Waals surface area contributed by atoms with Gasteiger partial charge in [-0.15, -0.1) is 0 Å². The van der Waals surface area contributed by atoms with Gasteiger partial charge in [0.2, 0.25) is 0 Å². The predicted octanol–water partition coefficient (Wildman–Crippen LogP) is 2.05. The molecule has 2 fully saturated rings. The molecule has 1 unspecified atom stereocenters. The van der Waals surface area contributed by atoms with Crippen molar-refractivity contribution in [1.82, 2.24) is 0 Å². The molecule has 1 aliphatic heterocycles. The number of nitrogens with two attached hydrogens (primary N) is 1. The first-order valence-corrected chi connectivity index (χ1v) is 6.01. The van der Waals surface area contributed by atoms with E-state index in [0.717, 1.165) is 18.6 Å². The first-order valence-electron chi connectivity index (χ1n) is 5.02. The van der Waals surface area contributed by atoms with E-state index < -0.39 is 5.54 Å². The van der Waals surface area contributed by atoms with E-state index in [9.17, 15) is 0 Å². The van der Waals surface area contributed by atoms with Gasteiger partial charge >= 0.3 is 0 Å². The van der Waals surface area contributed by atoms with E-state index in [0.29, 0.717) is 4.75 Å². The lowest BCUT2D eigenvalue weighted by Crippen LogP contribution is -2.48. The van der Waals surface area contributed by atoms with E-state index in [-0.39, 0.29) is 0 Å². The van der Waals surface area contributed by atoms with Crippen LogP contribution in [0.4, 0.5) is 0 Å². The van der Waals surface area contributed by atoms with E-state index in [2.05, 4.69) is 17.8 Å². The van der Waals surface area contributed by atoms with Crippen molar-refractivity contribution >= 4 is 11.8 Å². The molecule has 1 heterocycles. The van der Waals surface area contributed by atoms with Crippen LogP contribution >= 0.6 is 11.8 Å². The molecule has 2 N–H and O–H groups in total. The van der Waals surface area contributed by atoms with Gasteiger partial charge in [-0.25, -0.2) is 0 Å². The van der Waals surface area contributed by atoms with Crippen molar-refractivity contribution in [3.05, 3.63) is 0 Å². The summed E-state index contributed by atoms with van der Waals surface area (Å²) in [6.45, 7) is 0. The molecule has 2 rings (SSSR count). The number of rotatable bonds is 0. The smallest absolute Gasteiger partial charge is 0.106 e. The molecule has 1 atom stereocenters. The molecule has 72 valence electrons. The summed E-state index contributed by atoms with van der Waals surface area (Å²) in [6.07, 6.45) is 7.00. The Labute approximate surface area is 83.9 Å². The van der Waals surface area contributed by atoms with E-state index in [4.69, 9.17) is 11.0 Å². The Morgan fingerprint density at radius 3 is 2.54 bits per heavy atom. The van der Waals surface area contributed by atoms with E-state index in [1.165, 1.54) is 25.7 Å². The standard InChI is InChI=1S/C10H16N2S/c11-8-9(12)5-6-13-10(7-9)3-1-2-4-10/h1-7,12H2. The fourth-order valence-corrected chi connectivity index (χ4v) is 4.44. The monoisotopic (exact) mass is 196 g/mol. The Bertz CT molecular complexity index is 240. The van der Waals surface area contributed by atoms with Crippen LogP contribution in [0, 0.1) is 11.3 Å². The van der Waals surface area contributed by atoms with Crippen LogP contribution in [0.15, 0.2) is 0 Å². The zero-order valence-corrected chi connectivity index (χ0v) is 8.70. The Hall–Kier alpha value is -0.200. The largest absolute Gasteiger partial charge is 0.313 e. The fourth-order valence-electron chi connectivity index (χ4n) is 2.60. The second kappa shape index (κ2) is 3.18. The molecule has 1 aliphatic carbocycles. The number of nitrogens with zero attached hydrogens (tertiary/aromatic N) is 1. The summed E-state index contributed by atoms with van der Waals surface area (Å²) in [4.78, 5) is 0. The van der Waals surface area contributed by atoms with Gasteiger partial charge in [0.25, 0.3) is 0 Å². The first-order chi connectivity index (χ1) is 6.18. The Morgan fingerprint density at radius 2 is 1.92 bits per heavy atom. The molecule has 1 saturated heterocycles. The SMILES string of the molecule is N#CC1(N)CCSC2(CCCC2)C1. The van der Waals surface area contributed by atoms with Crippen LogP contribution in [0.25, 0.3) is 0 Å². The minimum atomic E-state index is -0.518. The molecule has 2 nitrogen and oxygen atoms in total. The van der Waals surface area contributed by atoms with Gasteiger partial charge in [0.05, 0.1) is 6.07 Å². The van der Waals surface area contributed by atoms with Gasteiger partial charge in [-0.05, 0) is 31.4 Å². The lowest BCUT2D eigenvalue weighted by Gasteiger charge is -2.40. The topological polar surface area (TPSA) is 49.8 Å². The summed E-state index contributed by atoms with van der Waals surface area (Å²) in [5.74, 6) is 1.07. The molecule has 0 aromatic carbocycles. The van der Waals surface area contributed by atoms with Crippen LogP contribution < -0.4 is 5.73 Å². The van der Waals surface area contributed by atoms with Gasteiger partial charge < -0.3 is 5.73 Å². The summed E-state index contributed by atoms with van der Waals surface area (Å²) < 4.78 is 0.378. The molecular weight excluding hydrogens is 180 g/mol. The molecule has 0 bridgehead atoms. The van der Waals surface area contributed by atoms with Crippen LogP contribution in [0.5, 0.6) is 0 Å². The Morgan fingerprint density at radius 1 is 1.23 bits per heavy atom. The zero-order valence-electron chi connectivity index (χ0n) is 7.88. The van der Waals surface area contributed by atoms with Crippen molar-refractivity contribution in [3.8, 4) is 6.07 Å². The minimum Gasteiger partial charge on any atom is -0.313 e. The highest BCUT2D eigenvalue weighted by Gasteiger charge is 2.44. The van der Waals surface area contributed by atoms with Crippen LogP contribution in [0.1, 0.15) is 38.5 Å². The number of hydrogen-bond acceptors (Lipinski definition) is 3. The lowest BCUT2D eigenvalue weighted by molar-refractivity contribution is 0.389. The van der Waals surface area contributed by atoms with Gasteiger partial charge in [-0.1, -0.05) is 12.8 Å². The molecular formula is C10H16N2S. The highest BCUT2D eigenvalue weighted by atomic mass is 32.2. The van der Waals surface area contributed by atoms with Crippen LogP contribution in [0.2, 0.25) is 0 Å². The van der Waals surface area contributed by atoms with Crippen LogP contribution in [-0.2, 0) is 0 Å². The first kappa shape index (κ1) is 9.36. The Balaban J connectivity index is 2.12. The van der Waals surface area contributed by atoms with Gasteiger partial charge in [-0.3, -0.25) is 0 Å². The molecule has 0 radical (unpaired) electrons. The van der Waals surface area contributed by atoms with Gasteiger partial charge in [-0.2, -0.15) is 17.0 Å². The van der Waals surface area contributed by atoms with Crippen molar-refractivity contribution in [2.75, 3.05) is 5.75 Å². The summed E-state index contributed by atoms with van der Waals surface area (Å²) in [6, 6.07) is 2.30. The second-order valence-electron chi connectivity index (χ2n) is 4.43. The van der Waals surface area contributed by atoms with Crippen molar-refractivity contribution in [2.24, 2.45) is 5.73 Å². The fraction of sp³-hybridized carbons (Fsp3) is 0.900. The van der Waals surface area contributed by atoms with E-state index >= 15 is 0 Å². The maximum atomic E-state index is 9.01. The average Bonchev–Trinajstić information content (AvgIpc) is 2.53. The molecule has 0 amide bonds. The van der Waals surface area contributed by atoms with Crippen molar-refractivity contribution in [1.29, 1.82) is 5.26 Å². The summed E-state index contributed by atoms with van der Waals surface area (Å²) >= 11 is 2.06. The van der Waals surface area contributed by atoms with Crippen molar-refractivity contribution < 1.29 is 0 Å².